The summed E-state index contributed by atoms with van der Waals surface area (Å²) in [5.74, 6) is 1.12. The summed E-state index contributed by atoms with van der Waals surface area (Å²) in [4.78, 5) is 4.77. The Hall–Kier alpha value is -1.000. The van der Waals surface area contributed by atoms with Gasteiger partial charge in [0.1, 0.15) is 0 Å². The molecule has 1 aliphatic rings. The summed E-state index contributed by atoms with van der Waals surface area (Å²) >= 11 is 1.80. The molecular formula is C15H22N2OS. The normalized spacial score (nSPS) is 17.9. The van der Waals surface area contributed by atoms with Crippen LogP contribution in [0.2, 0.25) is 0 Å². The lowest BCUT2D eigenvalue weighted by Crippen LogP contribution is -2.27. The Morgan fingerprint density at radius 1 is 1.37 bits per heavy atom. The molecule has 1 heterocycles. The highest BCUT2D eigenvalue weighted by atomic mass is 32.2. The fourth-order valence-electron chi connectivity index (χ4n) is 2.01. The number of nitrogens with one attached hydrogen (secondary N) is 1. The number of aliphatic imine (C=N–C) groups is 1. The molecule has 0 aliphatic carbocycles. The summed E-state index contributed by atoms with van der Waals surface area (Å²) < 4.78 is 5.16. The van der Waals surface area contributed by atoms with Crippen LogP contribution in [-0.2, 0) is 11.2 Å². The van der Waals surface area contributed by atoms with Crippen molar-refractivity contribution >= 4 is 22.6 Å². The third-order valence-electron chi connectivity index (χ3n) is 3.19. The van der Waals surface area contributed by atoms with Gasteiger partial charge in [-0.25, -0.2) is 0 Å². The summed E-state index contributed by atoms with van der Waals surface area (Å²) in [6.07, 6.45) is 2.05. The van der Waals surface area contributed by atoms with E-state index in [0.717, 1.165) is 36.1 Å². The number of hydrogen-bond acceptors (Lipinski definition) is 4. The van der Waals surface area contributed by atoms with E-state index in [1.165, 1.54) is 5.56 Å². The number of para-hydroxylation sites is 1. The first kappa shape index (κ1) is 14.4. The van der Waals surface area contributed by atoms with Gasteiger partial charge in [0.25, 0.3) is 0 Å². The number of hydrogen-bond donors (Lipinski definition) is 1. The van der Waals surface area contributed by atoms with Gasteiger partial charge in [0.05, 0.1) is 12.1 Å². The Bertz CT molecular complexity index is 457. The number of rotatable bonds is 4. The summed E-state index contributed by atoms with van der Waals surface area (Å²) in [7, 11) is 1.74. The van der Waals surface area contributed by atoms with E-state index in [0.29, 0.717) is 0 Å². The monoisotopic (exact) mass is 278 g/mol. The van der Waals surface area contributed by atoms with Gasteiger partial charge in [-0.3, -0.25) is 4.99 Å². The molecule has 0 atom stereocenters. The van der Waals surface area contributed by atoms with Crippen molar-refractivity contribution in [3.63, 3.8) is 0 Å². The molecule has 1 N–H and O–H groups in total. The molecule has 1 aromatic rings. The molecule has 19 heavy (non-hydrogen) atoms. The topological polar surface area (TPSA) is 33.6 Å². The van der Waals surface area contributed by atoms with E-state index in [1.54, 1.807) is 18.9 Å². The van der Waals surface area contributed by atoms with Crippen molar-refractivity contribution in [2.45, 2.75) is 32.2 Å². The molecule has 0 amide bonds. The van der Waals surface area contributed by atoms with Gasteiger partial charge in [-0.05, 0) is 38.3 Å². The lowest BCUT2D eigenvalue weighted by molar-refractivity contribution is 0.202. The van der Waals surface area contributed by atoms with Crippen molar-refractivity contribution in [1.82, 2.24) is 0 Å². The Morgan fingerprint density at radius 2 is 2.16 bits per heavy atom. The molecule has 1 aliphatic heterocycles. The lowest BCUT2D eigenvalue weighted by Gasteiger charge is -2.26. The molecule has 0 spiro atoms. The Morgan fingerprint density at radius 3 is 2.89 bits per heavy atom. The molecule has 0 aromatic heterocycles. The molecule has 2 rings (SSSR count). The predicted octanol–water partition coefficient (Wildman–Crippen LogP) is 3.56. The van der Waals surface area contributed by atoms with Crippen LogP contribution in [0.15, 0.2) is 29.3 Å². The Labute approximate surface area is 119 Å². The van der Waals surface area contributed by atoms with Crippen LogP contribution in [0.3, 0.4) is 0 Å². The number of amidine groups is 1. The molecule has 0 radical (unpaired) electrons. The van der Waals surface area contributed by atoms with Crippen molar-refractivity contribution in [3.05, 3.63) is 29.8 Å². The third kappa shape index (κ3) is 4.25. The molecule has 0 unspecified atom stereocenters. The van der Waals surface area contributed by atoms with Crippen LogP contribution < -0.4 is 5.32 Å². The molecule has 0 saturated carbocycles. The van der Waals surface area contributed by atoms with Gasteiger partial charge in [-0.15, -0.1) is 0 Å². The number of methoxy groups -OCH3 is 1. The minimum atomic E-state index is 0.0507. The first-order valence-corrected chi connectivity index (χ1v) is 7.66. The second-order valence-electron chi connectivity index (χ2n) is 5.35. The maximum absolute atomic E-state index is 5.16. The van der Waals surface area contributed by atoms with Crippen LogP contribution in [0.5, 0.6) is 0 Å². The number of ether oxygens (including phenoxy) is 1. The minimum Gasteiger partial charge on any atom is -0.384 e. The summed E-state index contributed by atoms with van der Waals surface area (Å²) in [6.45, 7) is 5.11. The lowest BCUT2D eigenvalue weighted by atomic mass is 10.0. The van der Waals surface area contributed by atoms with Gasteiger partial charge in [-0.1, -0.05) is 30.0 Å². The van der Waals surface area contributed by atoms with E-state index in [1.807, 2.05) is 0 Å². The van der Waals surface area contributed by atoms with Crippen LogP contribution in [0.1, 0.15) is 25.8 Å². The van der Waals surface area contributed by atoms with E-state index >= 15 is 0 Å². The van der Waals surface area contributed by atoms with Crippen LogP contribution in [-0.4, -0.2) is 30.2 Å². The summed E-state index contributed by atoms with van der Waals surface area (Å²) in [5.41, 5.74) is 2.47. The fraction of sp³-hybridized carbons (Fsp3) is 0.533. The standard InChI is InChI=1S/C15H22N2OS/c1-15(2)9-11-19-14(17-15)16-13-7-5-4-6-12(13)8-10-18-3/h4-7H,8-11H2,1-3H3,(H,16,17). The second kappa shape index (κ2) is 6.44. The molecular weight excluding hydrogens is 256 g/mol. The van der Waals surface area contributed by atoms with Crippen molar-refractivity contribution in [2.75, 3.05) is 24.8 Å². The van der Waals surface area contributed by atoms with E-state index in [2.05, 4.69) is 43.4 Å². The summed E-state index contributed by atoms with van der Waals surface area (Å²) in [5, 5.41) is 4.50. The number of thioether (sulfide) groups is 1. The SMILES string of the molecule is COCCc1ccccc1NC1=NC(C)(C)CCS1. The summed E-state index contributed by atoms with van der Waals surface area (Å²) in [6, 6.07) is 8.37. The molecule has 0 bridgehead atoms. The van der Waals surface area contributed by atoms with E-state index in [9.17, 15) is 0 Å². The van der Waals surface area contributed by atoms with E-state index in [-0.39, 0.29) is 5.54 Å². The molecule has 4 heteroatoms. The van der Waals surface area contributed by atoms with Gasteiger partial charge < -0.3 is 10.1 Å². The van der Waals surface area contributed by atoms with Gasteiger partial charge >= 0.3 is 0 Å². The highest BCUT2D eigenvalue weighted by Gasteiger charge is 2.22. The smallest absolute Gasteiger partial charge is 0.161 e. The van der Waals surface area contributed by atoms with Crippen molar-refractivity contribution in [1.29, 1.82) is 0 Å². The fourth-order valence-corrected chi connectivity index (χ4v) is 3.30. The Balaban J connectivity index is 2.12. The number of anilines is 1. The zero-order valence-corrected chi connectivity index (χ0v) is 12.7. The van der Waals surface area contributed by atoms with Crippen molar-refractivity contribution in [2.24, 2.45) is 4.99 Å². The molecule has 104 valence electrons. The zero-order chi connectivity index (χ0) is 13.7. The first-order valence-electron chi connectivity index (χ1n) is 6.67. The molecule has 3 nitrogen and oxygen atoms in total. The first-order chi connectivity index (χ1) is 9.11. The molecule has 0 fully saturated rings. The van der Waals surface area contributed by atoms with Crippen molar-refractivity contribution < 1.29 is 4.74 Å². The second-order valence-corrected chi connectivity index (χ2v) is 6.44. The number of benzene rings is 1. The zero-order valence-electron chi connectivity index (χ0n) is 11.9. The van der Waals surface area contributed by atoms with Gasteiger partial charge in [-0.2, -0.15) is 0 Å². The molecule has 1 aromatic carbocycles. The average molecular weight is 278 g/mol. The predicted molar refractivity (Wildman–Crippen MR) is 84.2 cm³/mol. The van der Waals surface area contributed by atoms with E-state index in [4.69, 9.17) is 9.73 Å². The minimum absolute atomic E-state index is 0.0507. The van der Waals surface area contributed by atoms with Crippen molar-refractivity contribution in [3.8, 4) is 0 Å². The average Bonchev–Trinajstić information content (AvgIpc) is 2.36. The van der Waals surface area contributed by atoms with Crippen LogP contribution in [0.4, 0.5) is 5.69 Å². The van der Waals surface area contributed by atoms with Crippen LogP contribution in [0, 0.1) is 0 Å². The highest BCUT2D eigenvalue weighted by Crippen LogP contribution is 2.27. The Kier molecular flexibility index (Phi) is 4.88. The van der Waals surface area contributed by atoms with Crippen LogP contribution in [0.25, 0.3) is 0 Å². The quantitative estimate of drug-likeness (QED) is 0.914. The van der Waals surface area contributed by atoms with Gasteiger partial charge in [0.2, 0.25) is 0 Å². The number of nitrogens with zero attached hydrogens (tertiary/aromatic N) is 1. The van der Waals surface area contributed by atoms with Gasteiger partial charge in [0.15, 0.2) is 5.17 Å². The maximum Gasteiger partial charge on any atom is 0.161 e. The molecule has 0 saturated heterocycles. The maximum atomic E-state index is 5.16. The van der Waals surface area contributed by atoms with E-state index < -0.39 is 0 Å². The van der Waals surface area contributed by atoms with Crippen LogP contribution >= 0.6 is 11.8 Å². The largest absolute Gasteiger partial charge is 0.384 e. The highest BCUT2D eigenvalue weighted by molar-refractivity contribution is 8.14. The third-order valence-corrected chi connectivity index (χ3v) is 4.07. The van der Waals surface area contributed by atoms with Gasteiger partial charge in [0, 0.05) is 18.6 Å².